The van der Waals surface area contributed by atoms with Gasteiger partial charge in [0.05, 0.1) is 0 Å². The van der Waals surface area contributed by atoms with Crippen molar-refractivity contribution in [1.29, 1.82) is 0 Å². The Balaban J connectivity index is 2.18. The summed E-state index contributed by atoms with van der Waals surface area (Å²) in [7, 11) is 0. The van der Waals surface area contributed by atoms with Gasteiger partial charge in [-0.2, -0.15) is 0 Å². The van der Waals surface area contributed by atoms with Gasteiger partial charge in [-0.15, -0.1) is 11.3 Å². The topological polar surface area (TPSA) is 26.0 Å². The van der Waals surface area contributed by atoms with Crippen molar-refractivity contribution in [2.24, 2.45) is 5.73 Å². The fraction of sp³-hybridized carbons (Fsp3) is 0.231. The van der Waals surface area contributed by atoms with E-state index in [0.29, 0.717) is 0 Å². The molecular weight excluding hydrogens is 282 g/mol. The number of hydrogen-bond donors (Lipinski definition) is 1. The van der Waals surface area contributed by atoms with Crippen LogP contribution in [-0.4, -0.2) is 6.54 Å². The molecule has 0 aliphatic rings. The molecule has 2 aromatic rings. The quantitative estimate of drug-likeness (QED) is 0.904. The normalized spacial score (nSPS) is 10.6. The summed E-state index contributed by atoms with van der Waals surface area (Å²) >= 11 is 5.35. The molecule has 0 spiro atoms. The lowest BCUT2D eigenvalue weighted by atomic mass is 10.2. The molecule has 0 amide bonds. The number of hydrogen-bond acceptors (Lipinski definition) is 2. The molecule has 2 N–H and O–H groups in total. The van der Waals surface area contributed by atoms with E-state index in [1.807, 2.05) is 17.4 Å². The Morgan fingerprint density at radius 1 is 1.19 bits per heavy atom. The zero-order valence-electron chi connectivity index (χ0n) is 8.95. The summed E-state index contributed by atoms with van der Waals surface area (Å²) in [6, 6.07) is 12.8. The molecule has 84 valence electrons. The molecule has 0 bridgehead atoms. The summed E-state index contributed by atoms with van der Waals surface area (Å²) in [6.45, 7) is 0.768. The van der Waals surface area contributed by atoms with Gasteiger partial charge < -0.3 is 5.73 Å². The van der Waals surface area contributed by atoms with E-state index in [1.165, 1.54) is 15.3 Å². The second kappa shape index (κ2) is 5.62. The highest BCUT2D eigenvalue weighted by Gasteiger charge is 2.02. The van der Waals surface area contributed by atoms with Crippen molar-refractivity contribution in [2.75, 3.05) is 6.54 Å². The summed E-state index contributed by atoms with van der Waals surface area (Å²) in [4.78, 5) is 2.74. The Morgan fingerprint density at radius 3 is 2.81 bits per heavy atom. The Hall–Kier alpha value is -0.640. The lowest BCUT2D eigenvalue weighted by molar-refractivity contribution is 0.843. The Kier molecular flexibility index (Phi) is 4.16. The van der Waals surface area contributed by atoms with Crippen LogP contribution in [0.4, 0.5) is 0 Å². The zero-order chi connectivity index (χ0) is 11.4. The summed E-state index contributed by atoms with van der Waals surface area (Å²) in [5.41, 5.74) is 6.79. The van der Waals surface area contributed by atoms with Crippen LogP contribution in [0.15, 0.2) is 40.9 Å². The minimum atomic E-state index is 0.768. The van der Waals surface area contributed by atoms with Crippen LogP contribution in [0, 0.1) is 0 Å². The molecule has 0 saturated heterocycles. The Morgan fingerprint density at radius 2 is 2.06 bits per heavy atom. The number of aryl methyl sites for hydroxylation is 1. The van der Waals surface area contributed by atoms with Gasteiger partial charge in [-0.1, -0.05) is 28.1 Å². The van der Waals surface area contributed by atoms with E-state index in [2.05, 4.69) is 46.3 Å². The van der Waals surface area contributed by atoms with Gasteiger partial charge in [-0.25, -0.2) is 0 Å². The molecule has 3 heteroatoms. The van der Waals surface area contributed by atoms with Crippen molar-refractivity contribution < 1.29 is 0 Å². The van der Waals surface area contributed by atoms with Crippen molar-refractivity contribution in [3.63, 3.8) is 0 Å². The molecule has 0 atom stereocenters. The van der Waals surface area contributed by atoms with Crippen LogP contribution in [0.3, 0.4) is 0 Å². The van der Waals surface area contributed by atoms with E-state index in [1.54, 1.807) is 0 Å². The van der Waals surface area contributed by atoms with Gasteiger partial charge >= 0.3 is 0 Å². The van der Waals surface area contributed by atoms with Crippen LogP contribution in [0.1, 0.15) is 11.3 Å². The highest BCUT2D eigenvalue weighted by molar-refractivity contribution is 9.10. The predicted molar refractivity (Wildman–Crippen MR) is 74.8 cm³/mol. The number of rotatable bonds is 4. The first-order chi connectivity index (χ1) is 7.79. The van der Waals surface area contributed by atoms with E-state index in [0.717, 1.165) is 23.9 Å². The summed E-state index contributed by atoms with van der Waals surface area (Å²) < 4.78 is 1.13. The summed E-state index contributed by atoms with van der Waals surface area (Å²) in [6.07, 6.45) is 2.16. The first-order valence-corrected chi connectivity index (χ1v) is 6.95. The van der Waals surface area contributed by atoms with Gasteiger partial charge in [0.15, 0.2) is 0 Å². The van der Waals surface area contributed by atoms with Crippen LogP contribution in [0.25, 0.3) is 10.4 Å². The third kappa shape index (κ3) is 2.94. The first-order valence-electron chi connectivity index (χ1n) is 5.34. The zero-order valence-corrected chi connectivity index (χ0v) is 11.4. The van der Waals surface area contributed by atoms with E-state index in [9.17, 15) is 0 Å². The lowest BCUT2D eigenvalue weighted by Crippen LogP contribution is -1.99. The van der Waals surface area contributed by atoms with Crippen LogP contribution >= 0.6 is 27.3 Å². The highest BCUT2D eigenvalue weighted by Crippen LogP contribution is 2.30. The SMILES string of the molecule is NCCCc1ccc(-c2cccc(Br)c2)s1. The molecule has 16 heavy (non-hydrogen) atoms. The molecule has 0 saturated carbocycles. The molecule has 0 aliphatic heterocycles. The fourth-order valence-electron chi connectivity index (χ4n) is 1.59. The van der Waals surface area contributed by atoms with Crippen LogP contribution in [0.2, 0.25) is 0 Å². The number of thiophene rings is 1. The minimum Gasteiger partial charge on any atom is -0.330 e. The van der Waals surface area contributed by atoms with Crippen molar-refractivity contribution in [3.05, 3.63) is 45.7 Å². The van der Waals surface area contributed by atoms with Gasteiger partial charge in [-0.05, 0) is 49.2 Å². The molecule has 2 rings (SSSR count). The fourth-order valence-corrected chi connectivity index (χ4v) is 3.03. The third-order valence-electron chi connectivity index (χ3n) is 2.40. The van der Waals surface area contributed by atoms with Gasteiger partial charge in [0.25, 0.3) is 0 Å². The summed E-state index contributed by atoms with van der Waals surface area (Å²) in [5, 5.41) is 0. The van der Waals surface area contributed by atoms with Crippen molar-refractivity contribution in [2.45, 2.75) is 12.8 Å². The highest BCUT2D eigenvalue weighted by atomic mass is 79.9. The van der Waals surface area contributed by atoms with Crippen molar-refractivity contribution in [3.8, 4) is 10.4 Å². The summed E-state index contributed by atoms with van der Waals surface area (Å²) in [5.74, 6) is 0. The molecule has 1 aromatic carbocycles. The van der Waals surface area contributed by atoms with Gasteiger partial charge in [0, 0.05) is 14.2 Å². The second-order valence-electron chi connectivity index (χ2n) is 3.67. The maximum Gasteiger partial charge on any atom is 0.0346 e. The number of benzene rings is 1. The molecule has 1 aromatic heterocycles. The predicted octanol–water partition coefficient (Wildman–Crippen LogP) is 4.07. The molecule has 0 radical (unpaired) electrons. The molecule has 0 fully saturated rings. The second-order valence-corrected chi connectivity index (χ2v) is 5.75. The molecule has 0 aliphatic carbocycles. The Labute approximate surface area is 108 Å². The van der Waals surface area contributed by atoms with Crippen LogP contribution in [0.5, 0.6) is 0 Å². The minimum absolute atomic E-state index is 0.768. The maximum atomic E-state index is 5.51. The smallest absolute Gasteiger partial charge is 0.0346 e. The van der Waals surface area contributed by atoms with Gasteiger partial charge in [0.2, 0.25) is 0 Å². The van der Waals surface area contributed by atoms with Crippen molar-refractivity contribution in [1.82, 2.24) is 0 Å². The first kappa shape index (κ1) is 11.8. The van der Waals surface area contributed by atoms with Crippen LogP contribution in [-0.2, 0) is 6.42 Å². The van der Waals surface area contributed by atoms with E-state index >= 15 is 0 Å². The van der Waals surface area contributed by atoms with Gasteiger partial charge in [0.1, 0.15) is 0 Å². The Bertz CT molecular complexity index is 464. The van der Waals surface area contributed by atoms with Crippen molar-refractivity contribution >= 4 is 27.3 Å². The lowest BCUT2D eigenvalue weighted by Gasteiger charge is -1.97. The number of halogens is 1. The van der Waals surface area contributed by atoms with E-state index in [-0.39, 0.29) is 0 Å². The monoisotopic (exact) mass is 295 g/mol. The standard InChI is InChI=1S/C13H14BrNS/c14-11-4-1-3-10(9-11)13-7-6-12(16-13)5-2-8-15/h1,3-4,6-7,9H,2,5,8,15H2. The number of nitrogens with two attached hydrogens (primary N) is 1. The molecule has 1 heterocycles. The average molecular weight is 296 g/mol. The maximum absolute atomic E-state index is 5.51. The largest absolute Gasteiger partial charge is 0.330 e. The van der Waals surface area contributed by atoms with E-state index < -0.39 is 0 Å². The molecular formula is C13H14BrNS. The molecule has 1 nitrogen and oxygen atoms in total. The molecule has 0 unspecified atom stereocenters. The van der Waals surface area contributed by atoms with Crippen LogP contribution < -0.4 is 5.73 Å². The van der Waals surface area contributed by atoms with Gasteiger partial charge in [-0.3, -0.25) is 0 Å². The third-order valence-corrected chi connectivity index (χ3v) is 4.09. The van der Waals surface area contributed by atoms with E-state index in [4.69, 9.17) is 5.73 Å². The average Bonchev–Trinajstić information content (AvgIpc) is 2.75.